The number of nitrogens with one attached hydrogen (secondary N) is 2. The largest absolute Gasteiger partial charge is 0.493 e. The first-order valence-corrected chi connectivity index (χ1v) is 10.4. The van der Waals surface area contributed by atoms with E-state index in [-0.39, 0.29) is 11.0 Å². The van der Waals surface area contributed by atoms with Gasteiger partial charge in [0, 0.05) is 13.7 Å². The lowest BCUT2D eigenvalue weighted by molar-refractivity contribution is 0.0973. The Hall–Kier alpha value is -1.19. The van der Waals surface area contributed by atoms with E-state index in [0.29, 0.717) is 23.8 Å². The third-order valence-corrected chi connectivity index (χ3v) is 4.88. The predicted molar refractivity (Wildman–Crippen MR) is 122 cm³/mol. The van der Waals surface area contributed by atoms with Gasteiger partial charge in [0.1, 0.15) is 5.75 Å². The van der Waals surface area contributed by atoms with Crippen molar-refractivity contribution in [2.75, 3.05) is 11.9 Å². The van der Waals surface area contributed by atoms with Crippen molar-refractivity contribution in [3.05, 3.63) is 56.1 Å². The molecule has 0 saturated carbocycles. The summed E-state index contributed by atoms with van der Waals surface area (Å²) in [6.45, 7) is 4.82. The quantitative estimate of drug-likeness (QED) is 0.365. The van der Waals surface area contributed by atoms with Gasteiger partial charge in [0.05, 0.1) is 12.2 Å². The van der Waals surface area contributed by atoms with Gasteiger partial charge in [-0.25, -0.2) is 0 Å². The van der Waals surface area contributed by atoms with Crippen LogP contribution in [0.1, 0.15) is 30.6 Å². The van der Waals surface area contributed by atoms with Gasteiger partial charge in [-0.15, -0.1) is 0 Å². The number of ether oxygens (including phenoxy) is 1. The van der Waals surface area contributed by atoms with Gasteiger partial charge >= 0.3 is 0 Å². The Kier molecular flexibility index (Phi) is 8.30. The highest BCUT2D eigenvalue weighted by atomic mass is 127. The van der Waals surface area contributed by atoms with E-state index in [1.807, 2.05) is 30.3 Å². The van der Waals surface area contributed by atoms with Crippen LogP contribution in [0.25, 0.3) is 0 Å². The maximum atomic E-state index is 12.6. The van der Waals surface area contributed by atoms with Crippen LogP contribution in [-0.4, -0.2) is 17.6 Å². The maximum Gasteiger partial charge on any atom is 0.261 e. The molecular weight excluding hydrogens is 527 g/mol. The van der Waals surface area contributed by atoms with Crippen molar-refractivity contribution in [2.45, 2.75) is 20.3 Å². The minimum absolute atomic E-state index is 0.240. The van der Waals surface area contributed by atoms with Gasteiger partial charge in [-0.2, -0.15) is 0 Å². The van der Waals surface area contributed by atoms with E-state index in [4.69, 9.17) is 17.0 Å². The van der Waals surface area contributed by atoms with Crippen LogP contribution in [0.5, 0.6) is 5.75 Å². The van der Waals surface area contributed by atoms with Crippen molar-refractivity contribution < 1.29 is 9.53 Å². The van der Waals surface area contributed by atoms with Crippen LogP contribution in [0.15, 0.2) is 46.9 Å². The lowest BCUT2D eigenvalue weighted by Crippen LogP contribution is -2.34. The topological polar surface area (TPSA) is 50.4 Å². The zero-order chi connectivity index (χ0) is 19.1. The van der Waals surface area contributed by atoms with E-state index in [9.17, 15) is 4.79 Å². The van der Waals surface area contributed by atoms with E-state index in [0.717, 1.165) is 20.2 Å². The number of hydrogen-bond acceptors (Lipinski definition) is 3. The highest BCUT2D eigenvalue weighted by Crippen LogP contribution is 2.24. The van der Waals surface area contributed by atoms with Crippen molar-refractivity contribution >= 4 is 67.4 Å². The highest BCUT2D eigenvalue weighted by Gasteiger charge is 2.15. The van der Waals surface area contributed by atoms with Gasteiger partial charge in [0.2, 0.25) is 0 Å². The van der Waals surface area contributed by atoms with E-state index in [1.54, 1.807) is 12.1 Å². The van der Waals surface area contributed by atoms with Crippen LogP contribution < -0.4 is 15.4 Å². The normalized spacial score (nSPS) is 10.5. The van der Waals surface area contributed by atoms with Gasteiger partial charge in [-0.3, -0.25) is 10.1 Å². The standard InChI is InChI=1S/C19H20BrIN2O2S/c1-12(2)9-10-25-17-8-3-13(20)11-16(17)18(24)23-19(26)22-15-6-4-14(21)5-7-15/h3-8,11-12H,9-10H2,1-2H3,(H2,22,23,24,26). The molecule has 4 nitrogen and oxygen atoms in total. The molecule has 2 aromatic carbocycles. The van der Waals surface area contributed by atoms with Gasteiger partial charge in [0.25, 0.3) is 5.91 Å². The fourth-order valence-electron chi connectivity index (χ4n) is 2.08. The van der Waals surface area contributed by atoms with Crippen molar-refractivity contribution in [2.24, 2.45) is 5.92 Å². The van der Waals surface area contributed by atoms with Crippen LogP contribution in [0.3, 0.4) is 0 Å². The number of rotatable bonds is 6. The Morgan fingerprint density at radius 1 is 1.23 bits per heavy atom. The summed E-state index contributed by atoms with van der Waals surface area (Å²) >= 11 is 10.9. The van der Waals surface area contributed by atoms with Crippen molar-refractivity contribution in [3.63, 3.8) is 0 Å². The average molecular weight is 547 g/mol. The minimum atomic E-state index is -0.311. The van der Waals surface area contributed by atoms with E-state index < -0.39 is 0 Å². The van der Waals surface area contributed by atoms with Crippen molar-refractivity contribution in [1.29, 1.82) is 0 Å². The molecule has 0 unspecified atom stereocenters. The Bertz CT molecular complexity index is 782. The van der Waals surface area contributed by atoms with Crippen LogP contribution in [0, 0.1) is 9.49 Å². The van der Waals surface area contributed by atoms with Gasteiger partial charge < -0.3 is 10.1 Å². The smallest absolute Gasteiger partial charge is 0.261 e. The fraction of sp³-hybridized carbons (Fsp3) is 0.263. The SMILES string of the molecule is CC(C)CCOc1ccc(Br)cc1C(=O)NC(=S)Nc1ccc(I)cc1. The average Bonchev–Trinajstić information content (AvgIpc) is 2.57. The van der Waals surface area contributed by atoms with Crippen LogP contribution in [0.2, 0.25) is 0 Å². The molecule has 0 bridgehead atoms. The van der Waals surface area contributed by atoms with Crippen molar-refractivity contribution in [3.8, 4) is 5.75 Å². The Balaban J connectivity index is 2.04. The lowest BCUT2D eigenvalue weighted by Gasteiger charge is -2.14. The second-order valence-corrected chi connectivity index (χ2v) is 8.66. The molecule has 0 atom stereocenters. The summed E-state index contributed by atoms with van der Waals surface area (Å²) < 4.78 is 7.72. The van der Waals surface area contributed by atoms with Gasteiger partial charge in [-0.05, 0) is 89.6 Å². The van der Waals surface area contributed by atoms with Crippen molar-refractivity contribution in [1.82, 2.24) is 5.32 Å². The van der Waals surface area contributed by atoms with E-state index in [1.165, 1.54) is 0 Å². The Morgan fingerprint density at radius 3 is 2.58 bits per heavy atom. The molecule has 0 aromatic heterocycles. The number of amides is 1. The summed E-state index contributed by atoms with van der Waals surface area (Å²) in [4.78, 5) is 12.6. The molecule has 0 heterocycles. The van der Waals surface area contributed by atoms with E-state index in [2.05, 4.69) is 63.0 Å². The molecule has 0 aliphatic carbocycles. The third kappa shape index (κ3) is 6.85. The second-order valence-electron chi connectivity index (χ2n) is 6.09. The number of hydrogen-bond donors (Lipinski definition) is 2. The summed E-state index contributed by atoms with van der Waals surface area (Å²) in [6, 6.07) is 13.1. The molecule has 0 spiro atoms. The summed E-state index contributed by atoms with van der Waals surface area (Å²) in [5, 5.41) is 5.95. The number of carbonyl (C=O) groups is 1. The lowest BCUT2D eigenvalue weighted by atomic mass is 10.1. The summed E-state index contributed by atoms with van der Waals surface area (Å²) in [5.74, 6) is 0.769. The molecule has 0 aliphatic rings. The maximum absolute atomic E-state index is 12.6. The molecule has 0 saturated heterocycles. The van der Waals surface area contributed by atoms with Crippen LogP contribution >= 0.6 is 50.7 Å². The van der Waals surface area contributed by atoms with Gasteiger partial charge in [-0.1, -0.05) is 29.8 Å². The first-order valence-electron chi connectivity index (χ1n) is 8.15. The molecule has 0 aliphatic heterocycles. The number of carbonyl (C=O) groups excluding carboxylic acids is 1. The van der Waals surface area contributed by atoms with E-state index >= 15 is 0 Å². The second kappa shape index (κ2) is 10.2. The molecule has 138 valence electrons. The molecule has 2 rings (SSSR count). The van der Waals surface area contributed by atoms with Crippen LogP contribution in [-0.2, 0) is 0 Å². The first kappa shape index (κ1) is 21.1. The highest BCUT2D eigenvalue weighted by molar-refractivity contribution is 14.1. The zero-order valence-corrected chi connectivity index (χ0v) is 19.1. The molecule has 2 N–H and O–H groups in total. The molecule has 2 aromatic rings. The Morgan fingerprint density at radius 2 is 1.92 bits per heavy atom. The molecule has 26 heavy (non-hydrogen) atoms. The Labute approximate surface area is 181 Å². The summed E-state index contributed by atoms with van der Waals surface area (Å²) in [5.41, 5.74) is 1.26. The first-order chi connectivity index (χ1) is 12.3. The monoisotopic (exact) mass is 546 g/mol. The summed E-state index contributed by atoms with van der Waals surface area (Å²) in [6.07, 6.45) is 0.921. The third-order valence-electron chi connectivity index (χ3n) is 3.47. The minimum Gasteiger partial charge on any atom is -0.493 e. The molecular formula is C19H20BrIN2O2S. The van der Waals surface area contributed by atoms with Gasteiger partial charge in [0.15, 0.2) is 5.11 Å². The molecule has 0 radical (unpaired) electrons. The zero-order valence-electron chi connectivity index (χ0n) is 14.5. The summed E-state index contributed by atoms with van der Waals surface area (Å²) in [7, 11) is 0. The number of thiocarbonyl (C=S) groups is 1. The number of anilines is 1. The molecule has 0 fully saturated rings. The molecule has 7 heteroatoms. The fourth-order valence-corrected chi connectivity index (χ4v) is 3.01. The number of benzene rings is 2. The molecule has 1 amide bonds. The van der Waals surface area contributed by atoms with Crippen LogP contribution in [0.4, 0.5) is 5.69 Å². The predicted octanol–water partition coefficient (Wildman–Crippen LogP) is 5.61. The number of halogens is 2.